The van der Waals surface area contributed by atoms with Gasteiger partial charge in [0, 0.05) is 17.4 Å². The lowest BCUT2D eigenvalue weighted by atomic mass is 10.2. The predicted octanol–water partition coefficient (Wildman–Crippen LogP) is 2.46. The summed E-state index contributed by atoms with van der Waals surface area (Å²) in [5.41, 5.74) is 8.46. The molecule has 0 amide bonds. The molecular formula is C15H12N4O. The van der Waals surface area contributed by atoms with Crippen molar-refractivity contribution in [2.75, 3.05) is 12.8 Å². The smallest absolute Gasteiger partial charge is 0.166 e. The van der Waals surface area contributed by atoms with Gasteiger partial charge in [-0.3, -0.25) is 4.40 Å². The van der Waals surface area contributed by atoms with Gasteiger partial charge in [-0.2, -0.15) is 5.26 Å². The molecule has 5 heteroatoms. The van der Waals surface area contributed by atoms with Gasteiger partial charge in [-0.05, 0) is 36.4 Å². The summed E-state index contributed by atoms with van der Waals surface area (Å²) in [6.07, 6.45) is 1.77. The Morgan fingerprint density at radius 2 is 1.95 bits per heavy atom. The summed E-state index contributed by atoms with van der Waals surface area (Å²) in [7, 11) is 1.62. The van der Waals surface area contributed by atoms with Crippen LogP contribution in [-0.4, -0.2) is 16.5 Å². The number of imidazole rings is 1. The van der Waals surface area contributed by atoms with E-state index in [1.807, 2.05) is 28.7 Å². The van der Waals surface area contributed by atoms with Crippen LogP contribution >= 0.6 is 0 Å². The van der Waals surface area contributed by atoms with Crippen LogP contribution in [0.1, 0.15) is 5.69 Å². The Bertz CT molecular complexity index is 812. The molecule has 2 heterocycles. The summed E-state index contributed by atoms with van der Waals surface area (Å²) < 4.78 is 6.97. The number of nitrogens with zero attached hydrogens (tertiary/aromatic N) is 3. The van der Waals surface area contributed by atoms with Gasteiger partial charge >= 0.3 is 0 Å². The maximum Gasteiger partial charge on any atom is 0.166 e. The number of nitriles is 1. The molecule has 0 atom stereocenters. The Morgan fingerprint density at radius 1 is 1.20 bits per heavy atom. The first-order valence-electron chi connectivity index (χ1n) is 6.05. The summed E-state index contributed by atoms with van der Waals surface area (Å²) in [5.74, 6) is 1.46. The molecule has 0 aliphatic heterocycles. The summed E-state index contributed by atoms with van der Waals surface area (Å²) >= 11 is 0. The lowest BCUT2D eigenvalue weighted by Gasteiger charge is -2.04. The van der Waals surface area contributed by atoms with Crippen LogP contribution in [0.15, 0.2) is 42.6 Å². The van der Waals surface area contributed by atoms with Gasteiger partial charge in [-0.25, -0.2) is 4.98 Å². The molecule has 3 aromatic rings. The molecule has 0 aliphatic carbocycles. The number of nitrogens with two attached hydrogens (primary N) is 1. The molecule has 5 nitrogen and oxygen atoms in total. The number of methoxy groups -OCH3 is 1. The zero-order valence-corrected chi connectivity index (χ0v) is 10.9. The fourth-order valence-electron chi connectivity index (χ4n) is 2.13. The second-order valence-electron chi connectivity index (χ2n) is 4.34. The molecule has 0 saturated heterocycles. The number of benzene rings is 1. The molecule has 0 unspecified atom stereocenters. The third-order valence-corrected chi connectivity index (χ3v) is 3.11. The Kier molecular flexibility index (Phi) is 2.77. The van der Waals surface area contributed by atoms with E-state index in [0.717, 1.165) is 16.8 Å². The number of ether oxygens (including phenoxy) is 1. The van der Waals surface area contributed by atoms with E-state index in [1.165, 1.54) is 0 Å². The highest BCUT2D eigenvalue weighted by Crippen LogP contribution is 2.25. The minimum Gasteiger partial charge on any atom is -0.497 e. The van der Waals surface area contributed by atoms with Crippen molar-refractivity contribution in [1.82, 2.24) is 9.38 Å². The number of pyridine rings is 1. The van der Waals surface area contributed by atoms with Gasteiger partial charge in [-0.15, -0.1) is 0 Å². The Labute approximate surface area is 115 Å². The maximum absolute atomic E-state index is 9.17. The van der Waals surface area contributed by atoms with E-state index in [4.69, 9.17) is 10.5 Å². The van der Waals surface area contributed by atoms with Crippen molar-refractivity contribution >= 4 is 11.2 Å². The standard InChI is InChI=1S/C15H12N4O/c1-20-12-5-2-10(3-6-12)15-18-13(8-16)14-7-4-11(17)9-19(14)15/h2-7,9H,17H2,1H3. The molecule has 0 saturated carbocycles. The largest absolute Gasteiger partial charge is 0.497 e. The fraction of sp³-hybridized carbons (Fsp3) is 0.0667. The quantitative estimate of drug-likeness (QED) is 0.771. The van der Waals surface area contributed by atoms with Gasteiger partial charge in [0.05, 0.1) is 12.6 Å². The van der Waals surface area contributed by atoms with E-state index in [-0.39, 0.29) is 0 Å². The molecular weight excluding hydrogens is 252 g/mol. The topological polar surface area (TPSA) is 76.3 Å². The van der Waals surface area contributed by atoms with Crippen LogP contribution < -0.4 is 10.5 Å². The third kappa shape index (κ3) is 1.84. The van der Waals surface area contributed by atoms with E-state index in [2.05, 4.69) is 11.1 Å². The number of fused-ring (bicyclic) bond motifs is 1. The summed E-state index contributed by atoms with van der Waals surface area (Å²) in [6, 6.07) is 13.2. The van der Waals surface area contributed by atoms with E-state index in [9.17, 15) is 5.26 Å². The molecule has 2 aromatic heterocycles. The van der Waals surface area contributed by atoms with Crippen LogP contribution in [0.3, 0.4) is 0 Å². The Hall–Kier alpha value is -3.00. The van der Waals surface area contributed by atoms with Crippen LogP contribution in [-0.2, 0) is 0 Å². The minimum absolute atomic E-state index is 0.385. The summed E-state index contributed by atoms with van der Waals surface area (Å²) in [6.45, 7) is 0. The van der Waals surface area contributed by atoms with Crippen LogP contribution in [0, 0.1) is 11.3 Å². The average molecular weight is 264 g/mol. The molecule has 0 bridgehead atoms. The van der Waals surface area contributed by atoms with Crippen LogP contribution in [0.5, 0.6) is 5.75 Å². The minimum atomic E-state index is 0.385. The highest BCUT2D eigenvalue weighted by atomic mass is 16.5. The molecule has 0 fully saturated rings. The molecule has 0 spiro atoms. The Morgan fingerprint density at radius 3 is 2.60 bits per heavy atom. The zero-order chi connectivity index (χ0) is 14.1. The van der Waals surface area contributed by atoms with E-state index in [0.29, 0.717) is 17.2 Å². The van der Waals surface area contributed by atoms with Gasteiger partial charge in [0.25, 0.3) is 0 Å². The predicted molar refractivity (Wildman–Crippen MR) is 76.3 cm³/mol. The summed E-state index contributed by atoms with van der Waals surface area (Å²) in [4.78, 5) is 4.38. The zero-order valence-electron chi connectivity index (χ0n) is 10.9. The Balaban J connectivity index is 2.24. The third-order valence-electron chi connectivity index (χ3n) is 3.11. The molecule has 0 radical (unpaired) electrons. The van der Waals surface area contributed by atoms with Gasteiger partial charge < -0.3 is 10.5 Å². The number of anilines is 1. The van der Waals surface area contributed by atoms with E-state index >= 15 is 0 Å². The molecule has 20 heavy (non-hydrogen) atoms. The van der Waals surface area contributed by atoms with Gasteiger partial charge in [0.15, 0.2) is 5.69 Å². The van der Waals surface area contributed by atoms with Crippen molar-refractivity contribution in [2.24, 2.45) is 0 Å². The van der Waals surface area contributed by atoms with Crippen molar-refractivity contribution in [3.8, 4) is 23.2 Å². The summed E-state index contributed by atoms with van der Waals surface area (Å²) in [5, 5.41) is 9.17. The first-order valence-corrected chi connectivity index (χ1v) is 6.05. The maximum atomic E-state index is 9.17. The monoisotopic (exact) mass is 264 g/mol. The van der Waals surface area contributed by atoms with E-state index in [1.54, 1.807) is 25.4 Å². The van der Waals surface area contributed by atoms with Gasteiger partial charge in [-0.1, -0.05) is 0 Å². The first kappa shape index (κ1) is 12.1. The van der Waals surface area contributed by atoms with Crippen LogP contribution in [0.25, 0.3) is 16.9 Å². The van der Waals surface area contributed by atoms with Gasteiger partial charge in [0.1, 0.15) is 17.6 Å². The number of rotatable bonds is 2. The molecule has 0 aliphatic rings. The van der Waals surface area contributed by atoms with Crippen molar-refractivity contribution in [3.63, 3.8) is 0 Å². The van der Waals surface area contributed by atoms with Crippen molar-refractivity contribution in [1.29, 1.82) is 5.26 Å². The highest BCUT2D eigenvalue weighted by Gasteiger charge is 2.12. The number of hydrogen-bond donors (Lipinski definition) is 1. The SMILES string of the molecule is COc1ccc(-c2nc(C#N)c3ccc(N)cn23)cc1. The van der Waals surface area contributed by atoms with Gasteiger partial charge in [0.2, 0.25) is 0 Å². The molecule has 98 valence electrons. The van der Waals surface area contributed by atoms with Crippen LogP contribution in [0.4, 0.5) is 5.69 Å². The van der Waals surface area contributed by atoms with Crippen molar-refractivity contribution in [2.45, 2.75) is 0 Å². The second kappa shape index (κ2) is 4.59. The normalized spacial score (nSPS) is 10.4. The first-order chi connectivity index (χ1) is 9.72. The fourth-order valence-corrected chi connectivity index (χ4v) is 2.13. The number of aromatic nitrogens is 2. The molecule has 1 aromatic carbocycles. The lowest BCUT2D eigenvalue weighted by Crippen LogP contribution is -1.93. The number of nitrogen functional groups attached to an aromatic ring is 1. The van der Waals surface area contributed by atoms with Crippen molar-refractivity contribution < 1.29 is 4.74 Å². The molecule has 3 rings (SSSR count). The van der Waals surface area contributed by atoms with E-state index < -0.39 is 0 Å². The van der Waals surface area contributed by atoms with Crippen molar-refractivity contribution in [3.05, 3.63) is 48.3 Å². The lowest BCUT2D eigenvalue weighted by molar-refractivity contribution is 0.415. The molecule has 2 N–H and O–H groups in total. The van der Waals surface area contributed by atoms with Crippen LogP contribution in [0.2, 0.25) is 0 Å². The second-order valence-corrected chi connectivity index (χ2v) is 4.34. The average Bonchev–Trinajstić information content (AvgIpc) is 2.85. The number of hydrogen-bond acceptors (Lipinski definition) is 4. The highest BCUT2D eigenvalue weighted by molar-refractivity contribution is 5.70.